The smallest absolute Gasteiger partial charge is 0.410 e. The number of pyridine rings is 1. The Bertz CT molecular complexity index is 720. The summed E-state index contributed by atoms with van der Waals surface area (Å²) in [6.45, 7) is 8.44. The summed E-state index contributed by atoms with van der Waals surface area (Å²) in [4.78, 5) is 23.3. The van der Waals surface area contributed by atoms with E-state index in [0.29, 0.717) is 12.6 Å². The van der Waals surface area contributed by atoms with Crippen LogP contribution in [-0.4, -0.2) is 52.7 Å². The van der Waals surface area contributed by atoms with Gasteiger partial charge in [-0.2, -0.15) is 0 Å². The number of aliphatic imine (C=N–C) groups is 1. The van der Waals surface area contributed by atoms with Gasteiger partial charge in [-0.3, -0.25) is 9.98 Å². The minimum absolute atomic E-state index is 0. The quantitative estimate of drug-likeness (QED) is 0.366. The van der Waals surface area contributed by atoms with Crippen molar-refractivity contribution in [3.8, 4) is 0 Å². The van der Waals surface area contributed by atoms with Crippen molar-refractivity contribution in [1.29, 1.82) is 0 Å². The topological polar surface area (TPSA) is 78.9 Å². The van der Waals surface area contributed by atoms with E-state index in [4.69, 9.17) is 4.74 Å². The Balaban J connectivity index is 0.00000300. The van der Waals surface area contributed by atoms with Gasteiger partial charge in [-0.05, 0) is 65.0 Å². The highest BCUT2D eigenvalue weighted by Crippen LogP contribution is 2.36. The van der Waals surface area contributed by atoms with Crippen LogP contribution in [0.25, 0.3) is 0 Å². The second-order valence-electron chi connectivity index (χ2n) is 8.78. The summed E-state index contributed by atoms with van der Waals surface area (Å²) < 4.78 is 5.62. The molecule has 162 valence electrons. The van der Waals surface area contributed by atoms with Crippen LogP contribution in [-0.2, 0) is 11.3 Å². The van der Waals surface area contributed by atoms with Crippen LogP contribution in [0.3, 0.4) is 0 Å². The third-order valence-corrected chi connectivity index (χ3v) is 5.44. The van der Waals surface area contributed by atoms with Crippen molar-refractivity contribution in [2.24, 2.45) is 4.99 Å². The molecule has 1 aromatic heterocycles. The molecule has 0 aromatic carbocycles. The highest BCUT2D eigenvalue weighted by Gasteiger charge is 2.45. The number of amides is 1. The molecule has 2 aliphatic heterocycles. The monoisotopic (exact) mass is 515 g/mol. The van der Waals surface area contributed by atoms with Crippen molar-refractivity contribution in [2.45, 2.75) is 83.6 Å². The number of ether oxygens (including phenoxy) is 1. The molecule has 2 aliphatic rings. The molecule has 7 nitrogen and oxygen atoms in total. The summed E-state index contributed by atoms with van der Waals surface area (Å²) in [5, 5.41) is 6.90. The molecule has 2 bridgehead atoms. The van der Waals surface area contributed by atoms with Gasteiger partial charge in [0.05, 0.1) is 12.2 Å². The molecule has 3 heterocycles. The third-order valence-electron chi connectivity index (χ3n) is 5.44. The van der Waals surface area contributed by atoms with Crippen molar-refractivity contribution >= 4 is 36.0 Å². The molecule has 2 saturated heterocycles. The number of guanidine groups is 1. The summed E-state index contributed by atoms with van der Waals surface area (Å²) in [5.41, 5.74) is 1.72. The molecule has 2 atom stereocenters. The van der Waals surface area contributed by atoms with E-state index >= 15 is 0 Å². The number of rotatable bonds is 3. The molecule has 0 spiro atoms. The van der Waals surface area contributed by atoms with Gasteiger partial charge in [0.1, 0.15) is 5.60 Å². The molecule has 1 aromatic rings. The van der Waals surface area contributed by atoms with Crippen molar-refractivity contribution in [2.75, 3.05) is 7.05 Å². The maximum Gasteiger partial charge on any atom is 0.410 e. The van der Waals surface area contributed by atoms with Crippen LogP contribution in [0.2, 0.25) is 0 Å². The van der Waals surface area contributed by atoms with Crippen LogP contribution in [0.15, 0.2) is 23.3 Å². The number of piperidine rings is 1. The Kier molecular flexibility index (Phi) is 8.13. The highest BCUT2D eigenvalue weighted by molar-refractivity contribution is 14.0. The van der Waals surface area contributed by atoms with Crippen LogP contribution in [0, 0.1) is 6.92 Å². The Morgan fingerprint density at radius 2 is 1.97 bits per heavy atom. The maximum atomic E-state index is 12.6. The van der Waals surface area contributed by atoms with E-state index in [-0.39, 0.29) is 42.2 Å². The maximum absolute atomic E-state index is 12.6. The van der Waals surface area contributed by atoms with E-state index in [9.17, 15) is 4.79 Å². The largest absolute Gasteiger partial charge is 0.444 e. The number of aryl methyl sites for hydroxylation is 1. The molecule has 2 N–H and O–H groups in total. The SMILES string of the molecule is CN=C(NCc1ncccc1C)NC1CC2CCC(C1)N2C(=O)OC(C)(C)C.I. The fourth-order valence-corrected chi connectivity index (χ4v) is 4.17. The predicted molar refractivity (Wildman–Crippen MR) is 126 cm³/mol. The van der Waals surface area contributed by atoms with E-state index in [1.54, 1.807) is 7.05 Å². The standard InChI is InChI=1S/C21H33N5O2.HI/c1-14-7-6-10-23-18(14)13-24-19(22-5)25-15-11-16-8-9-17(12-15)26(16)20(27)28-21(2,3)4;/h6-7,10,15-17H,8-9,11-13H2,1-5H3,(H2,22,24,25);1H. The highest BCUT2D eigenvalue weighted by atomic mass is 127. The fraction of sp³-hybridized carbons (Fsp3) is 0.667. The van der Waals surface area contributed by atoms with Gasteiger partial charge in [0.15, 0.2) is 5.96 Å². The molecule has 8 heteroatoms. The first-order chi connectivity index (χ1) is 13.3. The molecule has 2 unspecified atom stereocenters. The molecular formula is C21H34IN5O2. The van der Waals surface area contributed by atoms with Gasteiger partial charge in [-0.25, -0.2) is 4.79 Å². The van der Waals surface area contributed by atoms with Crippen molar-refractivity contribution in [1.82, 2.24) is 20.5 Å². The zero-order valence-corrected chi connectivity index (χ0v) is 20.4. The second-order valence-corrected chi connectivity index (χ2v) is 8.78. The lowest BCUT2D eigenvalue weighted by Crippen LogP contribution is -2.54. The number of carbonyl (C=O) groups is 1. The molecule has 1 amide bonds. The summed E-state index contributed by atoms with van der Waals surface area (Å²) >= 11 is 0. The predicted octanol–water partition coefficient (Wildman–Crippen LogP) is 3.60. The summed E-state index contributed by atoms with van der Waals surface area (Å²) in [5.74, 6) is 0.778. The lowest BCUT2D eigenvalue weighted by molar-refractivity contribution is 0.00545. The van der Waals surface area contributed by atoms with Gasteiger partial charge >= 0.3 is 6.09 Å². The van der Waals surface area contributed by atoms with E-state index in [2.05, 4.69) is 33.6 Å². The van der Waals surface area contributed by atoms with Crippen molar-refractivity contribution in [3.05, 3.63) is 29.6 Å². The zero-order valence-electron chi connectivity index (χ0n) is 18.1. The third kappa shape index (κ3) is 6.20. The molecule has 0 saturated carbocycles. The number of nitrogens with one attached hydrogen (secondary N) is 2. The molecule has 0 aliphatic carbocycles. The van der Waals surface area contributed by atoms with Crippen LogP contribution in [0.4, 0.5) is 4.79 Å². The Morgan fingerprint density at radius 1 is 1.31 bits per heavy atom. The average Bonchev–Trinajstić information content (AvgIpc) is 2.89. The first kappa shape index (κ1) is 23.7. The summed E-state index contributed by atoms with van der Waals surface area (Å²) in [6.07, 6.45) is 5.55. The number of aromatic nitrogens is 1. The minimum atomic E-state index is -0.457. The van der Waals surface area contributed by atoms with Gasteiger partial charge in [0.2, 0.25) is 0 Å². The molecule has 2 fully saturated rings. The lowest BCUT2D eigenvalue weighted by Gasteiger charge is -2.40. The number of hydrogen-bond donors (Lipinski definition) is 2. The van der Waals surface area contributed by atoms with Gasteiger partial charge in [-0.1, -0.05) is 6.07 Å². The van der Waals surface area contributed by atoms with E-state index in [1.807, 2.05) is 37.9 Å². The number of halogens is 1. The van der Waals surface area contributed by atoms with E-state index < -0.39 is 5.60 Å². The van der Waals surface area contributed by atoms with Gasteiger partial charge < -0.3 is 20.3 Å². The van der Waals surface area contributed by atoms with Crippen LogP contribution < -0.4 is 10.6 Å². The van der Waals surface area contributed by atoms with Crippen molar-refractivity contribution in [3.63, 3.8) is 0 Å². The first-order valence-corrected chi connectivity index (χ1v) is 10.2. The molecule has 29 heavy (non-hydrogen) atoms. The minimum Gasteiger partial charge on any atom is -0.444 e. The molecule has 3 rings (SSSR count). The zero-order chi connectivity index (χ0) is 20.3. The first-order valence-electron chi connectivity index (χ1n) is 10.2. The number of hydrogen-bond acceptors (Lipinski definition) is 4. The van der Waals surface area contributed by atoms with E-state index in [0.717, 1.165) is 42.9 Å². The van der Waals surface area contributed by atoms with Crippen LogP contribution in [0.5, 0.6) is 0 Å². The van der Waals surface area contributed by atoms with Gasteiger partial charge in [0.25, 0.3) is 0 Å². The molecular weight excluding hydrogens is 481 g/mol. The normalized spacial score (nSPS) is 24.0. The van der Waals surface area contributed by atoms with Gasteiger partial charge in [0, 0.05) is 31.4 Å². The second kappa shape index (κ2) is 9.95. The van der Waals surface area contributed by atoms with Gasteiger partial charge in [-0.15, -0.1) is 24.0 Å². The fourth-order valence-electron chi connectivity index (χ4n) is 4.17. The Labute approximate surface area is 191 Å². The lowest BCUT2D eigenvalue weighted by atomic mass is 9.98. The summed E-state index contributed by atoms with van der Waals surface area (Å²) in [7, 11) is 1.78. The van der Waals surface area contributed by atoms with Crippen LogP contribution in [0.1, 0.15) is 57.7 Å². The van der Waals surface area contributed by atoms with E-state index in [1.165, 1.54) is 0 Å². The molecule has 0 radical (unpaired) electrons. The Morgan fingerprint density at radius 3 is 2.52 bits per heavy atom. The van der Waals surface area contributed by atoms with Crippen molar-refractivity contribution < 1.29 is 9.53 Å². The number of carbonyl (C=O) groups excluding carboxylic acids is 1. The summed E-state index contributed by atoms with van der Waals surface area (Å²) in [6, 6.07) is 4.78. The van der Waals surface area contributed by atoms with Crippen LogP contribution >= 0.6 is 24.0 Å². The Hall–Kier alpha value is -1.58. The number of nitrogens with zero attached hydrogens (tertiary/aromatic N) is 3. The number of fused-ring (bicyclic) bond motifs is 2. The average molecular weight is 515 g/mol.